The Morgan fingerprint density at radius 1 is 0.885 bits per heavy atom. The van der Waals surface area contributed by atoms with Gasteiger partial charge < -0.3 is 29.9 Å². The highest BCUT2D eigenvalue weighted by Gasteiger charge is 2.23. The van der Waals surface area contributed by atoms with E-state index in [1.807, 2.05) is 78.7 Å². The molecule has 4 rings (SSSR count). The van der Waals surface area contributed by atoms with Crippen molar-refractivity contribution in [2.45, 2.75) is 70.4 Å². The fraction of sp³-hybridized carbons (Fsp3) is 0.463. The van der Waals surface area contributed by atoms with Gasteiger partial charge in [-0.05, 0) is 81.4 Å². The van der Waals surface area contributed by atoms with E-state index in [1.54, 1.807) is 12.1 Å². The van der Waals surface area contributed by atoms with Gasteiger partial charge in [0.25, 0.3) is 0 Å². The minimum atomic E-state index is -0.453. The van der Waals surface area contributed by atoms with Gasteiger partial charge >= 0.3 is 6.09 Å². The maximum Gasteiger partial charge on any atom is 0.411 e. The number of ether oxygens (including phenoxy) is 1. The Balaban J connectivity index is 1.08. The second-order valence-corrected chi connectivity index (χ2v) is 13.4. The standard InChI is InChI=1S/C41H54N6O5/c1-45(27-11-24-42)26-10-16-40(50)47(32-33-17-19-35(48)20-18-33)28-9-3-8-25-43-39(49)23-31-46-29-21-36(22-30-46)52-41(51)44-38-15-7-6-14-37(38)34-12-4-2-5-13-34/h2,4-7,12-15,17-20,36,48H,3,8-11,16,21-23,25-32H2,1H3,(H,43,49)(H,44,51). The van der Waals surface area contributed by atoms with Crippen molar-refractivity contribution in [2.75, 3.05) is 58.2 Å². The van der Waals surface area contributed by atoms with Gasteiger partial charge in [-0.25, -0.2) is 4.79 Å². The zero-order chi connectivity index (χ0) is 37.0. The van der Waals surface area contributed by atoms with E-state index in [9.17, 15) is 19.5 Å². The number of amides is 3. The molecule has 0 atom stereocenters. The third kappa shape index (κ3) is 14.4. The number of aromatic hydroxyl groups is 1. The molecular weight excluding hydrogens is 656 g/mol. The van der Waals surface area contributed by atoms with E-state index in [4.69, 9.17) is 10.00 Å². The van der Waals surface area contributed by atoms with Gasteiger partial charge in [0.2, 0.25) is 11.8 Å². The van der Waals surface area contributed by atoms with Crippen molar-refractivity contribution >= 4 is 23.6 Å². The van der Waals surface area contributed by atoms with E-state index in [0.717, 1.165) is 74.8 Å². The molecule has 278 valence electrons. The van der Waals surface area contributed by atoms with Crippen LogP contribution in [0, 0.1) is 11.3 Å². The summed E-state index contributed by atoms with van der Waals surface area (Å²) < 4.78 is 5.75. The van der Waals surface area contributed by atoms with Gasteiger partial charge in [-0.2, -0.15) is 5.26 Å². The Hall–Kier alpha value is -4.92. The van der Waals surface area contributed by atoms with Crippen LogP contribution in [0.3, 0.4) is 0 Å². The molecule has 3 N–H and O–H groups in total. The first-order valence-electron chi connectivity index (χ1n) is 18.5. The molecule has 11 nitrogen and oxygen atoms in total. The first-order chi connectivity index (χ1) is 25.3. The Kier molecular flexibility index (Phi) is 16.9. The molecule has 1 aliphatic rings. The highest BCUT2D eigenvalue weighted by molar-refractivity contribution is 5.91. The number of likely N-dealkylation sites (tertiary alicyclic amines) is 1. The minimum Gasteiger partial charge on any atom is -0.508 e. The van der Waals surface area contributed by atoms with Crippen LogP contribution >= 0.6 is 0 Å². The fourth-order valence-corrected chi connectivity index (χ4v) is 6.31. The lowest BCUT2D eigenvalue weighted by atomic mass is 10.0. The zero-order valence-corrected chi connectivity index (χ0v) is 30.5. The molecule has 52 heavy (non-hydrogen) atoms. The largest absolute Gasteiger partial charge is 0.508 e. The van der Waals surface area contributed by atoms with E-state index in [2.05, 4.69) is 26.5 Å². The molecule has 0 saturated carbocycles. The van der Waals surface area contributed by atoms with E-state index in [1.165, 1.54) is 0 Å². The Morgan fingerprint density at radius 2 is 1.62 bits per heavy atom. The average molecular weight is 711 g/mol. The summed E-state index contributed by atoms with van der Waals surface area (Å²) in [6.07, 6.45) is 5.44. The number of para-hydroxylation sites is 1. The fourth-order valence-electron chi connectivity index (χ4n) is 6.31. The first-order valence-corrected chi connectivity index (χ1v) is 18.5. The summed E-state index contributed by atoms with van der Waals surface area (Å²) in [4.78, 5) is 44.6. The summed E-state index contributed by atoms with van der Waals surface area (Å²) in [7, 11) is 1.96. The van der Waals surface area contributed by atoms with Gasteiger partial charge in [-0.3, -0.25) is 14.9 Å². The number of piperidine rings is 1. The van der Waals surface area contributed by atoms with Crippen LogP contribution < -0.4 is 10.6 Å². The SMILES string of the molecule is CN(CCC#N)CCCC(=O)N(CCCCCNC(=O)CCN1CCC(OC(=O)Nc2ccccc2-c2ccccc2)CC1)Cc1ccc(O)cc1. The van der Waals surface area contributed by atoms with Crippen molar-refractivity contribution in [1.29, 1.82) is 5.26 Å². The number of nitrogens with one attached hydrogen (secondary N) is 2. The molecule has 0 radical (unpaired) electrons. The van der Waals surface area contributed by atoms with Crippen LogP contribution in [0.4, 0.5) is 10.5 Å². The van der Waals surface area contributed by atoms with Crippen LogP contribution in [0.2, 0.25) is 0 Å². The number of rotatable bonds is 20. The number of nitrogens with zero attached hydrogens (tertiary/aromatic N) is 4. The monoisotopic (exact) mass is 710 g/mol. The maximum atomic E-state index is 13.1. The van der Waals surface area contributed by atoms with Crippen LogP contribution in [0.15, 0.2) is 78.9 Å². The summed E-state index contributed by atoms with van der Waals surface area (Å²) in [6.45, 7) is 5.36. The van der Waals surface area contributed by atoms with Crippen LogP contribution in [-0.4, -0.2) is 96.7 Å². The van der Waals surface area contributed by atoms with E-state index < -0.39 is 6.09 Å². The number of hydrogen-bond donors (Lipinski definition) is 3. The number of benzene rings is 3. The lowest BCUT2D eigenvalue weighted by molar-refractivity contribution is -0.132. The van der Waals surface area contributed by atoms with Gasteiger partial charge in [-0.1, -0.05) is 60.7 Å². The Bertz CT molecular complexity index is 1570. The Labute approximate surface area is 308 Å². The van der Waals surface area contributed by atoms with Gasteiger partial charge in [0.15, 0.2) is 0 Å². The van der Waals surface area contributed by atoms with Gasteiger partial charge in [-0.15, -0.1) is 0 Å². The predicted octanol–water partition coefficient (Wildman–Crippen LogP) is 6.40. The summed E-state index contributed by atoms with van der Waals surface area (Å²) in [6, 6.07) is 26.7. The molecule has 0 spiro atoms. The van der Waals surface area contributed by atoms with Gasteiger partial charge in [0.05, 0.1) is 11.8 Å². The average Bonchev–Trinajstić information content (AvgIpc) is 3.15. The summed E-state index contributed by atoms with van der Waals surface area (Å²) in [5, 5.41) is 24.4. The van der Waals surface area contributed by atoms with Crippen molar-refractivity contribution in [3.63, 3.8) is 0 Å². The molecule has 1 aliphatic heterocycles. The predicted molar refractivity (Wildman–Crippen MR) is 203 cm³/mol. The normalized spacial score (nSPS) is 13.3. The van der Waals surface area contributed by atoms with E-state index in [0.29, 0.717) is 57.7 Å². The highest BCUT2D eigenvalue weighted by Crippen LogP contribution is 2.28. The third-order valence-electron chi connectivity index (χ3n) is 9.34. The molecule has 0 bridgehead atoms. The lowest BCUT2D eigenvalue weighted by Gasteiger charge is -2.31. The van der Waals surface area contributed by atoms with Crippen molar-refractivity contribution in [1.82, 2.24) is 20.0 Å². The summed E-state index contributed by atoms with van der Waals surface area (Å²) in [5.74, 6) is 0.319. The third-order valence-corrected chi connectivity index (χ3v) is 9.34. The molecule has 0 unspecified atom stereocenters. The molecule has 1 saturated heterocycles. The number of unbranched alkanes of at least 4 members (excludes halogenated alkanes) is 2. The summed E-state index contributed by atoms with van der Waals surface area (Å²) in [5.41, 5.74) is 3.64. The molecule has 0 aromatic heterocycles. The topological polar surface area (TPSA) is 138 Å². The van der Waals surface area contributed by atoms with Crippen LogP contribution in [0.25, 0.3) is 11.1 Å². The second-order valence-electron chi connectivity index (χ2n) is 13.4. The maximum absolute atomic E-state index is 13.1. The minimum absolute atomic E-state index is 0.0266. The molecule has 3 aromatic carbocycles. The molecule has 1 heterocycles. The number of carbonyl (C=O) groups excluding carboxylic acids is 3. The van der Waals surface area contributed by atoms with Gasteiger partial charge in [0.1, 0.15) is 11.9 Å². The van der Waals surface area contributed by atoms with Crippen LogP contribution in [0.5, 0.6) is 5.75 Å². The smallest absolute Gasteiger partial charge is 0.411 e. The molecule has 3 amide bonds. The van der Waals surface area contributed by atoms with E-state index >= 15 is 0 Å². The summed E-state index contributed by atoms with van der Waals surface area (Å²) >= 11 is 0. The van der Waals surface area contributed by atoms with Crippen molar-refractivity contribution in [2.24, 2.45) is 0 Å². The quantitative estimate of drug-likeness (QED) is 0.115. The lowest BCUT2D eigenvalue weighted by Crippen LogP contribution is -2.40. The van der Waals surface area contributed by atoms with E-state index in [-0.39, 0.29) is 23.7 Å². The van der Waals surface area contributed by atoms with Crippen molar-refractivity contribution in [3.8, 4) is 22.9 Å². The second kappa shape index (κ2) is 22.1. The first kappa shape index (κ1) is 39.9. The molecule has 3 aromatic rings. The van der Waals surface area contributed by atoms with Crippen LogP contribution in [-0.2, 0) is 20.9 Å². The molecule has 11 heteroatoms. The molecule has 1 fully saturated rings. The number of phenolic OH excluding ortho intramolecular Hbond substituents is 1. The molecule has 0 aliphatic carbocycles. The highest BCUT2D eigenvalue weighted by atomic mass is 16.6. The number of nitriles is 1. The van der Waals surface area contributed by atoms with Crippen LogP contribution in [0.1, 0.15) is 63.4 Å². The Morgan fingerprint density at radius 3 is 2.37 bits per heavy atom. The van der Waals surface area contributed by atoms with Crippen molar-refractivity contribution < 1.29 is 24.2 Å². The number of phenols is 1. The zero-order valence-electron chi connectivity index (χ0n) is 30.5. The van der Waals surface area contributed by atoms with Gasteiger partial charge in [0, 0.05) is 70.6 Å². The number of carbonyl (C=O) groups is 3. The number of hydrogen-bond acceptors (Lipinski definition) is 8. The van der Waals surface area contributed by atoms with Crippen molar-refractivity contribution in [3.05, 3.63) is 84.4 Å². The molecular formula is C41H54N6O5. The number of anilines is 1.